The molecule has 3 saturated heterocycles. The van der Waals surface area contributed by atoms with Crippen LogP contribution in [-0.4, -0.2) is 60.8 Å². The minimum absolute atomic E-state index is 0.0886. The molecule has 0 radical (unpaired) electrons. The number of methoxy groups -OCH3 is 1. The van der Waals surface area contributed by atoms with Crippen molar-refractivity contribution in [2.45, 2.75) is 82.8 Å². The first-order valence-electron chi connectivity index (χ1n) is 11.4. The number of hydrogen-bond donors (Lipinski definition) is 0. The van der Waals surface area contributed by atoms with Gasteiger partial charge in [0.25, 0.3) is 0 Å². The summed E-state index contributed by atoms with van der Waals surface area (Å²) in [5.41, 5.74) is 2.83. The van der Waals surface area contributed by atoms with E-state index in [0.29, 0.717) is 30.7 Å². The zero-order valence-electron chi connectivity index (χ0n) is 18.2. The average Bonchev–Trinajstić information content (AvgIpc) is 3.02. The quantitative estimate of drug-likeness (QED) is 0.733. The number of likely N-dealkylation sites (tertiary alicyclic amines) is 1. The third kappa shape index (κ3) is 4.25. The zero-order chi connectivity index (χ0) is 20.4. The van der Waals surface area contributed by atoms with E-state index in [1.165, 1.54) is 30.4 Å². The summed E-state index contributed by atoms with van der Waals surface area (Å²) in [5.74, 6) is 1.60. The second-order valence-corrected chi connectivity index (χ2v) is 8.99. The van der Waals surface area contributed by atoms with Crippen molar-refractivity contribution < 1.29 is 14.3 Å². The van der Waals surface area contributed by atoms with Crippen LogP contribution >= 0.6 is 0 Å². The second-order valence-electron chi connectivity index (χ2n) is 8.99. The van der Waals surface area contributed by atoms with Crippen molar-refractivity contribution in [3.8, 4) is 5.75 Å². The number of carbonyl (C=O) groups excluding carboxylic acids is 1. The number of hydrogen-bond acceptors (Lipinski definition) is 4. The SMILES string of the molecule is CCOC(=O)N1C2CC[C@@H]1CCC(N1CCC(c3ccc(OC)cc3C)CC1)C2. The maximum absolute atomic E-state index is 12.5. The normalized spacial score (nSPS) is 28.2. The zero-order valence-corrected chi connectivity index (χ0v) is 18.2. The van der Waals surface area contributed by atoms with Gasteiger partial charge in [-0.05, 0) is 101 Å². The van der Waals surface area contributed by atoms with Gasteiger partial charge in [-0.3, -0.25) is 0 Å². The van der Waals surface area contributed by atoms with Crippen LogP contribution in [0.5, 0.6) is 5.75 Å². The van der Waals surface area contributed by atoms with Gasteiger partial charge in [0.15, 0.2) is 0 Å². The highest BCUT2D eigenvalue weighted by Gasteiger charge is 2.42. The fraction of sp³-hybridized carbons (Fsp3) is 0.708. The fourth-order valence-electron chi connectivity index (χ4n) is 5.93. The molecule has 0 aromatic heterocycles. The lowest BCUT2D eigenvalue weighted by molar-refractivity contribution is 0.0845. The predicted molar refractivity (Wildman–Crippen MR) is 115 cm³/mol. The number of fused-ring (bicyclic) bond motifs is 2. The number of ether oxygens (including phenoxy) is 2. The Morgan fingerprint density at radius 3 is 2.38 bits per heavy atom. The minimum Gasteiger partial charge on any atom is -0.497 e. The summed E-state index contributed by atoms with van der Waals surface area (Å²) < 4.78 is 10.7. The summed E-state index contributed by atoms with van der Waals surface area (Å²) in [7, 11) is 1.73. The number of carbonyl (C=O) groups is 1. The van der Waals surface area contributed by atoms with Crippen LogP contribution in [-0.2, 0) is 4.74 Å². The molecule has 5 heteroatoms. The molecule has 4 rings (SSSR count). The molecule has 0 aliphatic carbocycles. The second kappa shape index (κ2) is 8.95. The third-order valence-corrected chi connectivity index (χ3v) is 7.44. The van der Waals surface area contributed by atoms with Crippen LogP contribution in [0.1, 0.15) is 68.9 Å². The van der Waals surface area contributed by atoms with Crippen LogP contribution in [0, 0.1) is 6.92 Å². The molecule has 2 bridgehead atoms. The van der Waals surface area contributed by atoms with E-state index in [-0.39, 0.29) is 6.09 Å². The summed E-state index contributed by atoms with van der Waals surface area (Å²) in [4.78, 5) is 17.2. The lowest BCUT2D eigenvalue weighted by Crippen LogP contribution is -2.44. The molecule has 0 spiro atoms. The Morgan fingerprint density at radius 2 is 1.72 bits per heavy atom. The molecule has 29 heavy (non-hydrogen) atoms. The summed E-state index contributed by atoms with van der Waals surface area (Å²) in [6.45, 7) is 6.90. The van der Waals surface area contributed by atoms with Gasteiger partial charge in [-0.1, -0.05) is 6.07 Å². The van der Waals surface area contributed by atoms with Crippen LogP contribution in [0.2, 0.25) is 0 Å². The number of amides is 1. The van der Waals surface area contributed by atoms with Gasteiger partial charge in [-0.15, -0.1) is 0 Å². The molecule has 3 aliphatic rings. The van der Waals surface area contributed by atoms with Crippen molar-refractivity contribution in [2.75, 3.05) is 26.8 Å². The Bertz CT molecular complexity index is 714. The highest BCUT2D eigenvalue weighted by molar-refractivity contribution is 5.69. The highest BCUT2D eigenvalue weighted by Crippen LogP contribution is 2.39. The number of benzene rings is 1. The Balaban J connectivity index is 1.36. The van der Waals surface area contributed by atoms with Gasteiger partial charge >= 0.3 is 6.09 Å². The Kier molecular flexibility index (Phi) is 6.33. The molecule has 0 saturated carbocycles. The smallest absolute Gasteiger partial charge is 0.410 e. The standard InChI is InChI=1S/C24H36N2O3/c1-4-29-24(27)26-19-5-7-20(16-21(26)8-6-19)25-13-11-18(12-14-25)23-10-9-22(28-3)15-17(23)2/h9-10,15,18-21H,4-8,11-14,16H2,1-3H3/t19-,20?,21?/m0/s1. The largest absolute Gasteiger partial charge is 0.497 e. The van der Waals surface area contributed by atoms with E-state index in [4.69, 9.17) is 9.47 Å². The van der Waals surface area contributed by atoms with E-state index in [1.807, 2.05) is 6.92 Å². The summed E-state index contributed by atoms with van der Waals surface area (Å²) >= 11 is 0. The molecule has 2 unspecified atom stereocenters. The predicted octanol–water partition coefficient (Wildman–Crippen LogP) is 4.73. The number of aryl methyl sites for hydroxylation is 1. The van der Waals surface area contributed by atoms with Gasteiger partial charge < -0.3 is 19.3 Å². The average molecular weight is 401 g/mol. The first kappa shape index (κ1) is 20.5. The first-order valence-corrected chi connectivity index (χ1v) is 11.4. The number of piperidine rings is 1. The molecule has 3 atom stereocenters. The number of rotatable bonds is 4. The molecule has 160 valence electrons. The molecule has 0 N–H and O–H groups in total. The molecule has 1 aromatic carbocycles. The molecule has 5 nitrogen and oxygen atoms in total. The van der Waals surface area contributed by atoms with Gasteiger partial charge in [0.05, 0.1) is 13.7 Å². The molecule has 3 heterocycles. The van der Waals surface area contributed by atoms with Crippen molar-refractivity contribution in [1.82, 2.24) is 9.80 Å². The van der Waals surface area contributed by atoms with Gasteiger partial charge in [-0.2, -0.15) is 0 Å². The van der Waals surface area contributed by atoms with E-state index >= 15 is 0 Å². The number of nitrogens with zero attached hydrogens (tertiary/aromatic N) is 2. The Morgan fingerprint density at radius 1 is 1.03 bits per heavy atom. The van der Waals surface area contributed by atoms with E-state index in [0.717, 1.165) is 44.5 Å². The van der Waals surface area contributed by atoms with Crippen molar-refractivity contribution in [2.24, 2.45) is 0 Å². The first-order chi connectivity index (χ1) is 14.1. The van der Waals surface area contributed by atoms with Crippen molar-refractivity contribution in [3.63, 3.8) is 0 Å². The van der Waals surface area contributed by atoms with Crippen molar-refractivity contribution >= 4 is 6.09 Å². The lowest BCUT2D eigenvalue weighted by Gasteiger charge is -2.39. The van der Waals surface area contributed by atoms with E-state index in [9.17, 15) is 4.79 Å². The van der Waals surface area contributed by atoms with Crippen LogP contribution in [0.15, 0.2) is 18.2 Å². The van der Waals surface area contributed by atoms with Gasteiger partial charge in [0.2, 0.25) is 0 Å². The van der Waals surface area contributed by atoms with Crippen molar-refractivity contribution in [1.29, 1.82) is 0 Å². The van der Waals surface area contributed by atoms with Gasteiger partial charge in [0, 0.05) is 18.1 Å². The molecule has 1 amide bonds. The maximum atomic E-state index is 12.5. The maximum Gasteiger partial charge on any atom is 0.410 e. The summed E-state index contributed by atoms with van der Waals surface area (Å²) in [6.07, 6.45) is 8.09. The topological polar surface area (TPSA) is 42.0 Å². The van der Waals surface area contributed by atoms with Crippen molar-refractivity contribution in [3.05, 3.63) is 29.3 Å². The minimum atomic E-state index is -0.0886. The van der Waals surface area contributed by atoms with Crippen LogP contribution < -0.4 is 4.74 Å². The Hall–Kier alpha value is -1.75. The van der Waals surface area contributed by atoms with Crippen LogP contribution in [0.4, 0.5) is 4.79 Å². The van der Waals surface area contributed by atoms with E-state index < -0.39 is 0 Å². The lowest BCUT2D eigenvalue weighted by atomic mass is 9.85. The summed E-state index contributed by atoms with van der Waals surface area (Å²) in [5, 5.41) is 0. The van der Waals surface area contributed by atoms with E-state index in [1.54, 1.807) is 7.11 Å². The van der Waals surface area contributed by atoms with Crippen LogP contribution in [0.3, 0.4) is 0 Å². The summed E-state index contributed by atoms with van der Waals surface area (Å²) in [6, 6.07) is 7.89. The molecule has 3 fully saturated rings. The van der Waals surface area contributed by atoms with Gasteiger partial charge in [0.1, 0.15) is 5.75 Å². The van der Waals surface area contributed by atoms with Crippen LogP contribution in [0.25, 0.3) is 0 Å². The third-order valence-electron chi connectivity index (χ3n) is 7.44. The molecule has 3 aliphatic heterocycles. The molecular weight excluding hydrogens is 364 g/mol. The van der Waals surface area contributed by atoms with E-state index in [2.05, 4.69) is 34.9 Å². The Labute approximate surface area is 175 Å². The van der Waals surface area contributed by atoms with Gasteiger partial charge in [-0.25, -0.2) is 4.79 Å². The highest BCUT2D eigenvalue weighted by atomic mass is 16.6. The molecular formula is C24H36N2O3. The monoisotopic (exact) mass is 400 g/mol. The molecule has 1 aromatic rings. The fourth-order valence-corrected chi connectivity index (χ4v) is 5.93.